The van der Waals surface area contributed by atoms with Crippen molar-refractivity contribution in [2.45, 2.75) is 32.3 Å². The number of nitrogens with zero attached hydrogens (tertiary/aromatic N) is 1. The van der Waals surface area contributed by atoms with E-state index in [1.807, 2.05) is 0 Å². The number of nitrogens with one attached hydrogen (secondary N) is 1. The van der Waals surface area contributed by atoms with Crippen LogP contribution in [0.2, 0.25) is 0 Å². The fourth-order valence-corrected chi connectivity index (χ4v) is 3.10. The molecule has 0 radical (unpaired) electrons. The number of likely N-dealkylation sites (tertiary alicyclic amines) is 1. The van der Waals surface area contributed by atoms with Crippen LogP contribution in [0.1, 0.15) is 36.5 Å². The monoisotopic (exact) mass is 370 g/mol. The van der Waals surface area contributed by atoms with E-state index in [1.54, 1.807) is 48.2 Å². The highest BCUT2D eigenvalue weighted by Crippen LogP contribution is 2.22. The molecule has 5 nitrogen and oxygen atoms in total. The summed E-state index contributed by atoms with van der Waals surface area (Å²) in [4.78, 5) is 27.2. The number of ether oxygens (including phenoxy) is 1. The molecule has 1 fully saturated rings. The number of benzene rings is 2. The van der Waals surface area contributed by atoms with Crippen LogP contribution in [0.3, 0.4) is 0 Å². The highest BCUT2D eigenvalue weighted by atomic mass is 19.1. The Balaban J connectivity index is 1.74. The topological polar surface area (TPSA) is 58.6 Å². The lowest BCUT2D eigenvalue weighted by Gasteiger charge is -2.20. The van der Waals surface area contributed by atoms with E-state index in [0.717, 1.165) is 25.9 Å². The Morgan fingerprint density at radius 1 is 1.11 bits per heavy atom. The molecule has 2 aromatic rings. The lowest BCUT2D eigenvalue weighted by Crippen LogP contribution is -2.34. The first-order valence-corrected chi connectivity index (χ1v) is 9.20. The molecule has 0 unspecified atom stereocenters. The maximum Gasteiger partial charge on any atom is 0.265 e. The first-order valence-electron chi connectivity index (χ1n) is 9.20. The molecule has 0 saturated carbocycles. The molecule has 0 spiro atoms. The van der Waals surface area contributed by atoms with Gasteiger partial charge in [-0.15, -0.1) is 0 Å². The lowest BCUT2D eigenvalue weighted by atomic mass is 10.1. The fourth-order valence-electron chi connectivity index (χ4n) is 3.10. The summed E-state index contributed by atoms with van der Waals surface area (Å²) in [5.41, 5.74) is 0.892. The number of halogens is 1. The van der Waals surface area contributed by atoms with Crippen LogP contribution >= 0.6 is 0 Å². The number of rotatable bonds is 6. The first kappa shape index (κ1) is 18.9. The van der Waals surface area contributed by atoms with Crippen molar-refractivity contribution in [2.24, 2.45) is 0 Å². The van der Waals surface area contributed by atoms with Gasteiger partial charge in [0.05, 0.1) is 11.3 Å². The minimum Gasteiger partial charge on any atom is -0.478 e. The van der Waals surface area contributed by atoms with Gasteiger partial charge in [0.25, 0.3) is 11.8 Å². The Morgan fingerprint density at radius 3 is 2.48 bits per heavy atom. The third-order valence-corrected chi connectivity index (χ3v) is 4.58. The first-order chi connectivity index (χ1) is 13.1. The lowest BCUT2D eigenvalue weighted by molar-refractivity contribution is -0.122. The average Bonchev–Trinajstić information content (AvgIpc) is 3.22. The molecular formula is C21H23FN2O3. The molecule has 1 saturated heterocycles. The van der Waals surface area contributed by atoms with E-state index in [4.69, 9.17) is 4.74 Å². The number of carbonyl (C=O) groups excluding carboxylic acids is 2. The van der Waals surface area contributed by atoms with Gasteiger partial charge >= 0.3 is 0 Å². The van der Waals surface area contributed by atoms with Gasteiger partial charge < -0.3 is 15.0 Å². The van der Waals surface area contributed by atoms with Crippen molar-refractivity contribution >= 4 is 17.5 Å². The smallest absolute Gasteiger partial charge is 0.265 e. The molecule has 0 aromatic heterocycles. The van der Waals surface area contributed by atoms with Crippen molar-refractivity contribution in [3.05, 3.63) is 59.9 Å². The Hall–Kier alpha value is -2.89. The van der Waals surface area contributed by atoms with E-state index < -0.39 is 17.8 Å². The molecule has 0 aliphatic carbocycles. The summed E-state index contributed by atoms with van der Waals surface area (Å²) in [5.74, 6) is -0.997. The standard InChI is InChI=1S/C21H23FN2O3/c1-2-18(27-19-12-6-4-10-16(19)22)20(25)23-17-11-5-3-9-15(17)21(26)24-13-7-8-14-24/h3-6,9-12,18H,2,7-8,13-14H2,1H3,(H,23,25)/t18-/m0/s1. The fraction of sp³-hybridized carbons (Fsp3) is 0.333. The van der Waals surface area contributed by atoms with Crippen LogP contribution in [0, 0.1) is 5.82 Å². The zero-order valence-corrected chi connectivity index (χ0v) is 15.3. The van der Waals surface area contributed by atoms with Crippen molar-refractivity contribution in [2.75, 3.05) is 18.4 Å². The molecule has 27 heavy (non-hydrogen) atoms. The molecule has 1 aliphatic heterocycles. The van der Waals surface area contributed by atoms with Crippen LogP contribution in [-0.2, 0) is 4.79 Å². The summed E-state index contributed by atoms with van der Waals surface area (Å²) in [6.07, 6.45) is 1.49. The Labute approximate surface area is 158 Å². The molecule has 6 heteroatoms. The molecule has 1 heterocycles. The zero-order chi connectivity index (χ0) is 19.2. The van der Waals surface area contributed by atoms with Crippen molar-refractivity contribution in [1.82, 2.24) is 4.90 Å². The third kappa shape index (κ3) is 4.45. The van der Waals surface area contributed by atoms with Crippen LogP contribution in [0.4, 0.5) is 10.1 Å². The van der Waals surface area contributed by atoms with Gasteiger partial charge in [-0.25, -0.2) is 4.39 Å². The Kier molecular flexibility index (Phi) is 6.06. The predicted octanol–water partition coefficient (Wildman–Crippen LogP) is 3.86. The highest BCUT2D eigenvalue weighted by Gasteiger charge is 2.25. The largest absolute Gasteiger partial charge is 0.478 e. The van der Waals surface area contributed by atoms with E-state index in [-0.39, 0.29) is 11.7 Å². The second-order valence-corrected chi connectivity index (χ2v) is 6.48. The molecule has 1 atom stereocenters. The Bertz CT molecular complexity index is 819. The maximum absolute atomic E-state index is 13.8. The van der Waals surface area contributed by atoms with Crippen LogP contribution in [0.5, 0.6) is 5.75 Å². The van der Waals surface area contributed by atoms with Gasteiger partial charge in [-0.1, -0.05) is 31.2 Å². The number of hydrogen-bond donors (Lipinski definition) is 1. The van der Waals surface area contributed by atoms with Crippen molar-refractivity contribution < 1.29 is 18.7 Å². The number of para-hydroxylation sites is 2. The van der Waals surface area contributed by atoms with E-state index in [9.17, 15) is 14.0 Å². The SMILES string of the molecule is CC[C@H](Oc1ccccc1F)C(=O)Nc1ccccc1C(=O)N1CCCC1. The number of hydrogen-bond acceptors (Lipinski definition) is 3. The molecule has 1 aliphatic rings. The van der Waals surface area contributed by atoms with Crippen molar-refractivity contribution in [3.8, 4) is 5.75 Å². The second-order valence-electron chi connectivity index (χ2n) is 6.48. The number of carbonyl (C=O) groups is 2. The van der Waals surface area contributed by atoms with Gasteiger partial charge in [0.15, 0.2) is 17.7 Å². The molecular weight excluding hydrogens is 347 g/mol. The van der Waals surface area contributed by atoms with Crippen molar-refractivity contribution in [3.63, 3.8) is 0 Å². The summed E-state index contributed by atoms with van der Waals surface area (Å²) < 4.78 is 19.4. The van der Waals surface area contributed by atoms with Gasteiger partial charge in [0.1, 0.15) is 0 Å². The molecule has 142 valence electrons. The normalized spacial score (nSPS) is 14.7. The summed E-state index contributed by atoms with van der Waals surface area (Å²) in [6.45, 7) is 3.25. The summed E-state index contributed by atoms with van der Waals surface area (Å²) >= 11 is 0. The third-order valence-electron chi connectivity index (χ3n) is 4.58. The number of amides is 2. The Morgan fingerprint density at radius 2 is 1.78 bits per heavy atom. The second kappa shape index (κ2) is 8.66. The molecule has 0 bridgehead atoms. The van der Waals surface area contributed by atoms with Crippen LogP contribution in [0.25, 0.3) is 0 Å². The summed E-state index contributed by atoms with van der Waals surface area (Å²) in [5, 5.41) is 2.77. The molecule has 2 amide bonds. The van der Waals surface area contributed by atoms with E-state index in [0.29, 0.717) is 17.7 Å². The van der Waals surface area contributed by atoms with E-state index in [2.05, 4.69) is 5.32 Å². The van der Waals surface area contributed by atoms with E-state index >= 15 is 0 Å². The zero-order valence-electron chi connectivity index (χ0n) is 15.3. The predicted molar refractivity (Wildman–Crippen MR) is 101 cm³/mol. The average molecular weight is 370 g/mol. The summed E-state index contributed by atoms with van der Waals surface area (Å²) in [6, 6.07) is 12.9. The molecule has 2 aromatic carbocycles. The summed E-state index contributed by atoms with van der Waals surface area (Å²) in [7, 11) is 0. The molecule has 1 N–H and O–H groups in total. The van der Waals surface area contributed by atoms with Gasteiger partial charge in [-0.05, 0) is 43.5 Å². The van der Waals surface area contributed by atoms with Crippen LogP contribution < -0.4 is 10.1 Å². The van der Waals surface area contributed by atoms with Gasteiger partial charge in [0, 0.05) is 13.1 Å². The van der Waals surface area contributed by atoms with E-state index in [1.165, 1.54) is 12.1 Å². The van der Waals surface area contributed by atoms with Crippen LogP contribution in [0.15, 0.2) is 48.5 Å². The van der Waals surface area contributed by atoms with Gasteiger partial charge in [-0.3, -0.25) is 9.59 Å². The minimum atomic E-state index is -0.864. The quantitative estimate of drug-likeness (QED) is 0.840. The van der Waals surface area contributed by atoms with Crippen LogP contribution in [-0.4, -0.2) is 35.9 Å². The van der Waals surface area contributed by atoms with Gasteiger partial charge in [-0.2, -0.15) is 0 Å². The minimum absolute atomic E-state index is 0.0286. The number of anilines is 1. The van der Waals surface area contributed by atoms with Gasteiger partial charge in [0.2, 0.25) is 0 Å². The molecule has 3 rings (SSSR count). The highest BCUT2D eigenvalue weighted by molar-refractivity contribution is 6.04. The maximum atomic E-state index is 13.8. The van der Waals surface area contributed by atoms with Crippen molar-refractivity contribution in [1.29, 1.82) is 0 Å².